The maximum Gasteiger partial charge on any atom is 0.270 e. The van der Waals surface area contributed by atoms with Gasteiger partial charge < -0.3 is 15.0 Å². The van der Waals surface area contributed by atoms with Gasteiger partial charge in [0.15, 0.2) is 0 Å². The number of nitrogens with zero attached hydrogens (tertiary/aromatic N) is 2. The van der Waals surface area contributed by atoms with E-state index in [4.69, 9.17) is 4.74 Å². The van der Waals surface area contributed by atoms with Crippen LogP contribution in [0.5, 0.6) is 5.75 Å². The molecule has 0 radical (unpaired) electrons. The molecule has 0 saturated carbocycles. The number of sulfonamides is 1. The molecule has 1 fully saturated rings. The number of ether oxygens (including phenoxy) is 1. The van der Waals surface area contributed by atoms with Crippen LogP contribution in [0.3, 0.4) is 0 Å². The molecular weight excluding hydrogens is 430 g/mol. The highest BCUT2D eigenvalue weighted by atomic mass is 32.2. The zero-order valence-electron chi connectivity index (χ0n) is 18.2. The van der Waals surface area contributed by atoms with E-state index in [2.05, 4.69) is 5.32 Å². The standard InChI is InChI=1S/C23H27N3O5S/c1-3-31-20-9-11-21(12-10-20)32(29,30)26-15-13-25(14-16-26)23(28)22(24-18(2)27)17-19-7-5-4-6-8-19/h4-12,17H,3,13-16H2,1-2H3,(H,24,27)/b22-17-. The highest BCUT2D eigenvalue weighted by Crippen LogP contribution is 2.21. The molecule has 32 heavy (non-hydrogen) atoms. The summed E-state index contributed by atoms with van der Waals surface area (Å²) in [6, 6.07) is 15.5. The number of piperazine rings is 1. The quantitative estimate of drug-likeness (QED) is 0.643. The molecular formula is C23H27N3O5S. The van der Waals surface area contributed by atoms with Gasteiger partial charge in [-0.15, -0.1) is 0 Å². The first-order valence-corrected chi connectivity index (χ1v) is 11.8. The van der Waals surface area contributed by atoms with Crippen LogP contribution in [0.2, 0.25) is 0 Å². The Morgan fingerprint density at radius 1 is 1.00 bits per heavy atom. The van der Waals surface area contributed by atoms with Crippen LogP contribution in [0.1, 0.15) is 19.4 Å². The minimum atomic E-state index is -3.68. The smallest absolute Gasteiger partial charge is 0.270 e. The van der Waals surface area contributed by atoms with E-state index in [9.17, 15) is 18.0 Å². The van der Waals surface area contributed by atoms with E-state index < -0.39 is 10.0 Å². The summed E-state index contributed by atoms with van der Waals surface area (Å²) in [5.41, 5.74) is 0.938. The minimum Gasteiger partial charge on any atom is -0.494 e. The molecule has 2 amide bonds. The Morgan fingerprint density at radius 2 is 1.62 bits per heavy atom. The van der Waals surface area contributed by atoms with Crippen molar-refractivity contribution in [1.29, 1.82) is 0 Å². The highest BCUT2D eigenvalue weighted by Gasteiger charge is 2.31. The Kier molecular flexibility index (Phi) is 7.66. The Hall–Kier alpha value is -3.17. The molecule has 1 aliphatic rings. The Morgan fingerprint density at radius 3 is 2.19 bits per heavy atom. The second-order valence-electron chi connectivity index (χ2n) is 7.25. The topological polar surface area (TPSA) is 96.0 Å². The molecule has 9 heteroatoms. The van der Waals surface area contributed by atoms with Gasteiger partial charge in [0.05, 0.1) is 11.5 Å². The van der Waals surface area contributed by atoms with Crippen LogP contribution in [-0.2, 0) is 19.6 Å². The van der Waals surface area contributed by atoms with Crippen molar-refractivity contribution < 1.29 is 22.7 Å². The third kappa shape index (κ3) is 5.74. The van der Waals surface area contributed by atoms with E-state index in [-0.39, 0.29) is 48.6 Å². The SMILES string of the molecule is CCOc1ccc(S(=O)(=O)N2CCN(C(=O)/C(=C/c3ccccc3)NC(C)=O)CC2)cc1. The molecule has 170 valence electrons. The second kappa shape index (κ2) is 10.4. The van der Waals surface area contributed by atoms with Gasteiger partial charge in [0.1, 0.15) is 11.4 Å². The van der Waals surface area contributed by atoms with E-state index in [1.807, 2.05) is 37.3 Å². The lowest BCUT2D eigenvalue weighted by Crippen LogP contribution is -2.51. The van der Waals surface area contributed by atoms with Crippen LogP contribution < -0.4 is 10.1 Å². The number of hydrogen-bond acceptors (Lipinski definition) is 5. The summed E-state index contributed by atoms with van der Waals surface area (Å²) < 4.78 is 32.7. The Bertz CT molecular complexity index is 1070. The fourth-order valence-corrected chi connectivity index (χ4v) is 4.80. The van der Waals surface area contributed by atoms with Gasteiger partial charge in [-0.3, -0.25) is 9.59 Å². The fourth-order valence-electron chi connectivity index (χ4n) is 3.38. The molecule has 0 atom stereocenters. The van der Waals surface area contributed by atoms with E-state index in [0.29, 0.717) is 12.4 Å². The number of benzene rings is 2. The van der Waals surface area contributed by atoms with Crippen molar-refractivity contribution in [3.8, 4) is 5.75 Å². The van der Waals surface area contributed by atoms with Crippen molar-refractivity contribution in [2.75, 3.05) is 32.8 Å². The summed E-state index contributed by atoms with van der Waals surface area (Å²) >= 11 is 0. The number of amides is 2. The number of carbonyl (C=O) groups excluding carboxylic acids is 2. The van der Waals surface area contributed by atoms with Crippen LogP contribution in [0, 0.1) is 0 Å². The summed E-state index contributed by atoms with van der Waals surface area (Å²) in [5.74, 6) is -0.0861. The van der Waals surface area contributed by atoms with Gasteiger partial charge >= 0.3 is 0 Å². The second-order valence-corrected chi connectivity index (χ2v) is 9.19. The first kappa shape index (κ1) is 23.5. The monoisotopic (exact) mass is 457 g/mol. The lowest BCUT2D eigenvalue weighted by molar-refractivity contribution is -0.130. The molecule has 0 spiro atoms. The van der Waals surface area contributed by atoms with Gasteiger partial charge in [0.2, 0.25) is 15.9 Å². The molecule has 1 aliphatic heterocycles. The van der Waals surface area contributed by atoms with Crippen molar-refractivity contribution in [3.63, 3.8) is 0 Å². The van der Waals surface area contributed by atoms with Crippen molar-refractivity contribution in [1.82, 2.24) is 14.5 Å². The molecule has 0 aromatic heterocycles. The lowest BCUT2D eigenvalue weighted by Gasteiger charge is -2.34. The van der Waals surface area contributed by atoms with Gasteiger partial charge in [-0.05, 0) is 42.8 Å². The molecule has 2 aromatic rings. The maximum absolute atomic E-state index is 13.0. The molecule has 0 unspecified atom stereocenters. The summed E-state index contributed by atoms with van der Waals surface area (Å²) in [4.78, 5) is 26.4. The molecule has 8 nitrogen and oxygen atoms in total. The summed E-state index contributed by atoms with van der Waals surface area (Å²) in [7, 11) is -3.68. The largest absolute Gasteiger partial charge is 0.494 e. The number of hydrogen-bond donors (Lipinski definition) is 1. The van der Waals surface area contributed by atoms with Crippen LogP contribution in [0.25, 0.3) is 6.08 Å². The summed E-state index contributed by atoms with van der Waals surface area (Å²) in [5, 5.41) is 2.60. The lowest BCUT2D eigenvalue weighted by atomic mass is 10.1. The van der Waals surface area contributed by atoms with Gasteiger partial charge in [0, 0.05) is 33.1 Å². The normalized spacial score (nSPS) is 15.3. The molecule has 3 rings (SSSR count). The third-order valence-electron chi connectivity index (χ3n) is 4.95. The highest BCUT2D eigenvalue weighted by molar-refractivity contribution is 7.89. The first-order chi connectivity index (χ1) is 15.3. The minimum absolute atomic E-state index is 0.159. The molecule has 0 aliphatic carbocycles. The summed E-state index contributed by atoms with van der Waals surface area (Å²) in [6.07, 6.45) is 1.62. The molecule has 1 saturated heterocycles. The van der Waals surface area contributed by atoms with Crippen molar-refractivity contribution in [2.24, 2.45) is 0 Å². The number of rotatable bonds is 7. The van der Waals surface area contributed by atoms with Crippen LogP contribution in [0.15, 0.2) is 65.2 Å². The van der Waals surface area contributed by atoms with Crippen molar-refractivity contribution in [2.45, 2.75) is 18.7 Å². The third-order valence-corrected chi connectivity index (χ3v) is 6.86. The predicted molar refractivity (Wildman–Crippen MR) is 121 cm³/mol. The molecule has 0 bridgehead atoms. The van der Waals surface area contributed by atoms with E-state index in [1.165, 1.54) is 23.4 Å². The molecule has 1 heterocycles. The molecule has 1 N–H and O–H groups in total. The van der Waals surface area contributed by atoms with Gasteiger partial charge in [-0.25, -0.2) is 8.42 Å². The number of carbonyl (C=O) groups is 2. The van der Waals surface area contributed by atoms with Crippen molar-refractivity contribution in [3.05, 3.63) is 65.9 Å². The molecule has 2 aromatic carbocycles. The van der Waals surface area contributed by atoms with E-state index >= 15 is 0 Å². The van der Waals surface area contributed by atoms with Crippen LogP contribution in [-0.4, -0.2) is 62.2 Å². The predicted octanol–water partition coefficient (Wildman–Crippen LogP) is 2.10. The Labute approximate surface area is 188 Å². The summed E-state index contributed by atoms with van der Waals surface area (Å²) in [6.45, 7) is 4.48. The zero-order chi connectivity index (χ0) is 23.1. The van der Waals surface area contributed by atoms with Crippen LogP contribution in [0.4, 0.5) is 0 Å². The van der Waals surface area contributed by atoms with Gasteiger partial charge in [0.25, 0.3) is 5.91 Å². The number of nitrogens with one attached hydrogen (secondary N) is 1. The van der Waals surface area contributed by atoms with Crippen LogP contribution >= 0.6 is 0 Å². The maximum atomic E-state index is 13.0. The fraction of sp³-hybridized carbons (Fsp3) is 0.304. The Balaban J connectivity index is 1.69. The van der Waals surface area contributed by atoms with E-state index in [0.717, 1.165) is 5.56 Å². The zero-order valence-corrected chi connectivity index (χ0v) is 19.0. The first-order valence-electron chi connectivity index (χ1n) is 10.4. The van der Waals surface area contributed by atoms with Crippen molar-refractivity contribution >= 4 is 27.9 Å². The van der Waals surface area contributed by atoms with Gasteiger partial charge in [-0.2, -0.15) is 4.31 Å². The van der Waals surface area contributed by atoms with Gasteiger partial charge in [-0.1, -0.05) is 30.3 Å². The average Bonchev–Trinajstić information content (AvgIpc) is 2.79. The average molecular weight is 458 g/mol. The van der Waals surface area contributed by atoms with E-state index in [1.54, 1.807) is 23.1 Å².